The van der Waals surface area contributed by atoms with Gasteiger partial charge >= 0.3 is 0 Å². The fourth-order valence-corrected chi connectivity index (χ4v) is 2.54. The van der Waals surface area contributed by atoms with Gasteiger partial charge in [-0.1, -0.05) is 13.8 Å². The first kappa shape index (κ1) is 16.7. The Bertz CT molecular complexity index is 563. The highest BCUT2D eigenvalue weighted by Gasteiger charge is 2.24. The lowest BCUT2D eigenvalue weighted by atomic mass is 10.0. The number of carbonyl (C=O) groups excluding carboxylic acids is 1. The van der Waals surface area contributed by atoms with E-state index >= 15 is 0 Å². The summed E-state index contributed by atoms with van der Waals surface area (Å²) >= 11 is 0. The molecule has 20 heavy (non-hydrogen) atoms. The van der Waals surface area contributed by atoms with Gasteiger partial charge < -0.3 is 9.32 Å². The van der Waals surface area contributed by atoms with Crippen LogP contribution in [-0.4, -0.2) is 39.4 Å². The Kier molecular flexibility index (Phi) is 5.35. The second-order valence-electron chi connectivity index (χ2n) is 5.22. The van der Waals surface area contributed by atoms with Crippen molar-refractivity contribution in [3.05, 3.63) is 17.9 Å². The van der Waals surface area contributed by atoms with E-state index in [4.69, 9.17) is 4.42 Å². The SMILES string of the molecule is CNS(=O)(=O)c1ccc(C(=O)N(C)C(C)CC(C)C)o1. The zero-order chi connectivity index (χ0) is 15.5. The Morgan fingerprint density at radius 3 is 2.45 bits per heavy atom. The lowest BCUT2D eigenvalue weighted by Gasteiger charge is -2.25. The van der Waals surface area contributed by atoms with Crippen LogP contribution in [0.25, 0.3) is 0 Å². The molecule has 1 amide bonds. The van der Waals surface area contributed by atoms with Crippen LogP contribution in [0, 0.1) is 5.92 Å². The van der Waals surface area contributed by atoms with Crippen LogP contribution in [0.2, 0.25) is 0 Å². The van der Waals surface area contributed by atoms with Gasteiger partial charge in [-0.3, -0.25) is 4.79 Å². The van der Waals surface area contributed by atoms with Crippen LogP contribution in [-0.2, 0) is 10.0 Å². The standard InChI is InChI=1S/C13H22N2O4S/c1-9(2)8-10(3)15(5)13(16)11-6-7-12(19-11)20(17,18)14-4/h6-7,9-10,14H,8H2,1-5H3. The summed E-state index contributed by atoms with van der Waals surface area (Å²) in [6.45, 7) is 6.12. The normalized spacial score (nSPS) is 13.5. The third kappa shape index (κ3) is 3.83. The van der Waals surface area contributed by atoms with Crippen molar-refractivity contribution in [2.75, 3.05) is 14.1 Å². The highest BCUT2D eigenvalue weighted by atomic mass is 32.2. The number of hydrogen-bond donors (Lipinski definition) is 1. The maximum atomic E-state index is 12.2. The second kappa shape index (κ2) is 6.41. The quantitative estimate of drug-likeness (QED) is 0.867. The maximum Gasteiger partial charge on any atom is 0.289 e. The first-order valence-corrected chi connectivity index (χ1v) is 7.98. The summed E-state index contributed by atoms with van der Waals surface area (Å²) in [4.78, 5) is 13.8. The molecular weight excluding hydrogens is 280 g/mol. The molecule has 0 bridgehead atoms. The molecule has 6 nitrogen and oxygen atoms in total. The molecule has 0 aliphatic rings. The molecule has 0 fully saturated rings. The fourth-order valence-electron chi connectivity index (χ4n) is 1.89. The summed E-state index contributed by atoms with van der Waals surface area (Å²) in [6.07, 6.45) is 0.866. The summed E-state index contributed by atoms with van der Waals surface area (Å²) in [5.74, 6) is 0.171. The van der Waals surface area contributed by atoms with Gasteiger partial charge in [-0.25, -0.2) is 13.1 Å². The van der Waals surface area contributed by atoms with Crippen LogP contribution in [0.4, 0.5) is 0 Å². The molecule has 0 aromatic carbocycles. The van der Waals surface area contributed by atoms with Crippen molar-refractivity contribution < 1.29 is 17.6 Å². The molecular formula is C13H22N2O4S. The topological polar surface area (TPSA) is 79.6 Å². The molecule has 0 aliphatic heterocycles. The Hall–Kier alpha value is -1.34. The van der Waals surface area contributed by atoms with Crippen LogP contribution < -0.4 is 4.72 Å². The van der Waals surface area contributed by atoms with Crippen molar-refractivity contribution in [1.29, 1.82) is 0 Å². The predicted molar refractivity (Wildman–Crippen MR) is 76.0 cm³/mol. The minimum absolute atomic E-state index is 0.0249. The van der Waals surface area contributed by atoms with Gasteiger partial charge in [0.15, 0.2) is 5.76 Å². The van der Waals surface area contributed by atoms with Gasteiger partial charge in [0, 0.05) is 13.1 Å². The average Bonchev–Trinajstić information content (AvgIpc) is 2.86. The molecule has 0 spiro atoms. The zero-order valence-electron chi connectivity index (χ0n) is 12.5. The highest BCUT2D eigenvalue weighted by molar-refractivity contribution is 7.89. The van der Waals surface area contributed by atoms with Gasteiger partial charge in [-0.05, 0) is 38.4 Å². The van der Waals surface area contributed by atoms with Crippen molar-refractivity contribution in [1.82, 2.24) is 9.62 Å². The molecule has 0 saturated heterocycles. The molecule has 1 N–H and O–H groups in total. The maximum absolute atomic E-state index is 12.2. The monoisotopic (exact) mass is 302 g/mol. The minimum Gasteiger partial charge on any atom is -0.438 e. The lowest BCUT2D eigenvalue weighted by molar-refractivity contribution is 0.0690. The molecule has 1 unspecified atom stereocenters. The lowest BCUT2D eigenvalue weighted by Crippen LogP contribution is -2.35. The van der Waals surface area contributed by atoms with Crippen molar-refractivity contribution in [3.8, 4) is 0 Å². The van der Waals surface area contributed by atoms with E-state index in [1.807, 2.05) is 6.92 Å². The van der Waals surface area contributed by atoms with E-state index in [0.717, 1.165) is 6.42 Å². The molecule has 1 rings (SSSR count). The van der Waals surface area contributed by atoms with Crippen LogP contribution in [0.5, 0.6) is 0 Å². The molecule has 1 aromatic heterocycles. The van der Waals surface area contributed by atoms with Crippen molar-refractivity contribution in [2.45, 2.75) is 38.3 Å². The van der Waals surface area contributed by atoms with Crippen LogP contribution in [0.3, 0.4) is 0 Å². The summed E-state index contributed by atoms with van der Waals surface area (Å²) in [6, 6.07) is 2.71. The number of sulfonamides is 1. The Balaban J connectivity index is 2.88. The van der Waals surface area contributed by atoms with E-state index in [0.29, 0.717) is 5.92 Å². The van der Waals surface area contributed by atoms with Crippen molar-refractivity contribution >= 4 is 15.9 Å². The van der Waals surface area contributed by atoms with Crippen LogP contribution >= 0.6 is 0 Å². The number of nitrogens with zero attached hydrogens (tertiary/aromatic N) is 1. The molecule has 1 atom stereocenters. The number of furan rings is 1. The molecule has 1 heterocycles. The van der Waals surface area contributed by atoms with Gasteiger partial charge in [0.25, 0.3) is 15.9 Å². The third-order valence-electron chi connectivity index (χ3n) is 3.12. The summed E-state index contributed by atoms with van der Waals surface area (Å²) in [7, 11) is -0.691. The Morgan fingerprint density at radius 1 is 1.35 bits per heavy atom. The predicted octanol–water partition coefficient (Wildman–Crippen LogP) is 1.69. The largest absolute Gasteiger partial charge is 0.438 e. The van der Waals surface area contributed by atoms with Gasteiger partial charge in [0.1, 0.15) is 0 Å². The van der Waals surface area contributed by atoms with E-state index in [9.17, 15) is 13.2 Å². The van der Waals surface area contributed by atoms with E-state index in [-0.39, 0.29) is 22.8 Å². The number of nitrogens with one attached hydrogen (secondary N) is 1. The van der Waals surface area contributed by atoms with Gasteiger partial charge in [-0.15, -0.1) is 0 Å². The first-order valence-electron chi connectivity index (χ1n) is 6.49. The molecule has 7 heteroatoms. The van der Waals surface area contributed by atoms with Gasteiger partial charge in [0.05, 0.1) is 0 Å². The molecule has 0 aliphatic carbocycles. The summed E-state index contributed by atoms with van der Waals surface area (Å²) in [5.41, 5.74) is 0. The highest BCUT2D eigenvalue weighted by Crippen LogP contribution is 2.17. The fraction of sp³-hybridized carbons (Fsp3) is 0.615. The minimum atomic E-state index is -3.66. The van der Waals surface area contributed by atoms with Gasteiger partial charge in [-0.2, -0.15) is 0 Å². The van der Waals surface area contributed by atoms with E-state index in [1.165, 1.54) is 19.2 Å². The molecule has 0 radical (unpaired) electrons. The Labute approximate surface area is 120 Å². The third-order valence-corrected chi connectivity index (χ3v) is 4.41. The smallest absolute Gasteiger partial charge is 0.289 e. The number of rotatable bonds is 6. The number of hydrogen-bond acceptors (Lipinski definition) is 4. The van der Waals surface area contributed by atoms with Crippen molar-refractivity contribution in [2.24, 2.45) is 5.92 Å². The first-order chi connectivity index (χ1) is 9.19. The second-order valence-corrected chi connectivity index (χ2v) is 7.04. The van der Waals surface area contributed by atoms with E-state index in [1.54, 1.807) is 11.9 Å². The van der Waals surface area contributed by atoms with E-state index in [2.05, 4.69) is 18.6 Å². The zero-order valence-corrected chi connectivity index (χ0v) is 13.3. The van der Waals surface area contributed by atoms with Crippen LogP contribution in [0.1, 0.15) is 37.7 Å². The van der Waals surface area contributed by atoms with E-state index < -0.39 is 10.0 Å². The van der Waals surface area contributed by atoms with Crippen LogP contribution in [0.15, 0.2) is 21.6 Å². The average molecular weight is 302 g/mol. The summed E-state index contributed by atoms with van der Waals surface area (Å²) < 4.78 is 30.4. The Morgan fingerprint density at radius 2 is 1.95 bits per heavy atom. The van der Waals surface area contributed by atoms with Crippen molar-refractivity contribution in [3.63, 3.8) is 0 Å². The molecule has 114 valence electrons. The molecule has 0 saturated carbocycles. The summed E-state index contributed by atoms with van der Waals surface area (Å²) in [5, 5.41) is -0.256. The molecule has 1 aromatic rings. The number of carbonyl (C=O) groups is 1. The van der Waals surface area contributed by atoms with Gasteiger partial charge in [0.2, 0.25) is 5.09 Å². The number of amides is 1.